The van der Waals surface area contributed by atoms with Crippen LogP contribution < -0.4 is 5.73 Å². The van der Waals surface area contributed by atoms with E-state index in [1.165, 1.54) is 11.1 Å². The number of halogens is 1. The van der Waals surface area contributed by atoms with Crippen LogP contribution in [0.3, 0.4) is 0 Å². The third kappa shape index (κ3) is 3.15. The Hall–Kier alpha value is -0.890. The Morgan fingerprint density at radius 1 is 1.08 bits per heavy atom. The van der Waals surface area contributed by atoms with Crippen molar-refractivity contribution in [3.63, 3.8) is 0 Å². The highest BCUT2D eigenvalue weighted by molar-refractivity contribution is 5.27. The molecule has 0 aliphatic carbocycles. The molecule has 1 nitrogen and oxygen atoms in total. The van der Waals surface area contributed by atoms with E-state index in [1.807, 2.05) is 12.1 Å². The zero-order chi connectivity index (χ0) is 9.52. The van der Waals surface area contributed by atoms with E-state index in [9.17, 15) is 4.39 Å². The van der Waals surface area contributed by atoms with Gasteiger partial charge in [-0.05, 0) is 36.9 Å². The highest BCUT2D eigenvalue weighted by atomic mass is 19.1. The predicted molar refractivity (Wildman–Crippen MR) is 53.5 cm³/mol. The van der Waals surface area contributed by atoms with Gasteiger partial charge < -0.3 is 5.73 Å². The summed E-state index contributed by atoms with van der Waals surface area (Å²) in [5.74, 6) is 0. The first-order chi connectivity index (χ1) is 6.38. The number of benzene rings is 1. The van der Waals surface area contributed by atoms with Crippen molar-refractivity contribution in [3.8, 4) is 0 Å². The smallest absolute Gasteiger partial charge is 0.0897 e. The fraction of sp³-hybridized carbons (Fsp3) is 0.455. The molecule has 13 heavy (non-hydrogen) atoms. The standard InChI is InChI=1S/C11H16FN/c12-8-3-6-10-4-1-2-5-11(10)7-9-13/h1-2,4-5H,3,6-9,13H2. The maximum Gasteiger partial charge on any atom is 0.0897 e. The summed E-state index contributed by atoms with van der Waals surface area (Å²) in [6, 6.07) is 8.12. The predicted octanol–water partition coefficient (Wildman–Crippen LogP) is 2.09. The molecule has 0 fully saturated rings. The molecule has 1 rings (SSSR count). The number of aryl methyl sites for hydroxylation is 1. The summed E-state index contributed by atoms with van der Waals surface area (Å²) < 4.78 is 12.0. The van der Waals surface area contributed by atoms with E-state index in [-0.39, 0.29) is 6.67 Å². The van der Waals surface area contributed by atoms with Crippen molar-refractivity contribution in [2.75, 3.05) is 13.2 Å². The molecule has 2 heteroatoms. The van der Waals surface area contributed by atoms with E-state index in [4.69, 9.17) is 5.73 Å². The highest BCUT2D eigenvalue weighted by Crippen LogP contribution is 2.11. The van der Waals surface area contributed by atoms with E-state index in [2.05, 4.69) is 12.1 Å². The average Bonchev–Trinajstić information content (AvgIpc) is 2.17. The van der Waals surface area contributed by atoms with Crippen molar-refractivity contribution in [3.05, 3.63) is 35.4 Å². The lowest BCUT2D eigenvalue weighted by atomic mass is 10.0. The van der Waals surface area contributed by atoms with Gasteiger partial charge in [0.2, 0.25) is 0 Å². The van der Waals surface area contributed by atoms with E-state index in [1.54, 1.807) is 0 Å². The van der Waals surface area contributed by atoms with Crippen LogP contribution in [0, 0.1) is 0 Å². The van der Waals surface area contributed by atoms with Gasteiger partial charge in [-0.15, -0.1) is 0 Å². The van der Waals surface area contributed by atoms with Crippen molar-refractivity contribution >= 4 is 0 Å². The Kier molecular flexibility index (Phi) is 4.47. The molecule has 0 atom stereocenters. The van der Waals surface area contributed by atoms with Gasteiger partial charge in [0.1, 0.15) is 0 Å². The molecule has 0 aliphatic rings. The zero-order valence-electron chi connectivity index (χ0n) is 7.80. The molecule has 1 aromatic carbocycles. The molecule has 0 saturated carbocycles. The summed E-state index contributed by atoms with van der Waals surface area (Å²) >= 11 is 0. The Balaban J connectivity index is 2.66. The van der Waals surface area contributed by atoms with Crippen LogP contribution in [0.4, 0.5) is 4.39 Å². The number of rotatable bonds is 5. The fourth-order valence-electron chi connectivity index (χ4n) is 1.46. The van der Waals surface area contributed by atoms with E-state index in [0.29, 0.717) is 13.0 Å². The van der Waals surface area contributed by atoms with Crippen molar-refractivity contribution in [1.82, 2.24) is 0 Å². The van der Waals surface area contributed by atoms with Crippen LogP contribution in [0.25, 0.3) is 0 Å². The van der Waals surface area contributed by atoms with Gasteiger partial charge in [0.25, 0.3) is 0 Å². The molecule has 1 aromatic rings. The van der Waals surface area contributed by atoms with Crippen LogP contribution >= 0.6 is 0 Å². The maximum absolute atomic E-state index is 12.0. The molecule has 0 saturated heterocycles. The Labute approximate surface area is 78.8 Å². The van der Waals surface area contributed by atoms with Crippen molar-refractivity contribution < 1.29 is 4.39 Å². The first kappa shape index (κ1) is 10.2. The molecule has 0 spiro atoms. The second kappa shape index (κ2) is 5.70. The molecule has 0 aliphatic heterocycles. The summed E-state index contributed by atoms with van der Waals surface area (Å²) in [6.07, 6.45) is 2.33. The summed E-state index contributed by atoms with van der Waals surface area (Å²) in [7, 11) is 0. The Morgan fingerprint density at radius 3 is 2.23 bits per heavy atom. The lowest BCUT2D eigenvalue weighted by Crippen LogP contribution is -2.05. The number of alkyl halides is 1. The van der Waals surface area contributed by atoms with Crippen molar-refractivity contribution in [2.24, 2.45) is 5.73 Å². The van der Waals surface area contributed by atoms with E-state index >= 15 is 0 Å². The van der Waals surface area contributed by atoms with Gasteiger partial charge in [-0.1, -0.05) is 24.3 Å². The SMILES string of the molecule is NCCc1ccccc1CCCF. The molecular weight excluding hydrogens is 165 g/mol. The quantitative estimate of drug-likeness (QED) is 0.739. The van der Waals surface area contributed by atoms with Crippen molar-refractivity contribution in [2.45, 2.75) is 19.3 Å². The van der Waals surface area contributed by atoms with E-state index in [0.717, 1.165) is 12.8 Å². The van der Waals surface area contributed by atoms with Gasteiger partial charge in [0, 0.05) is 0 Å². The minimum atomic E-state index is -0.239. The normalized spacial score (nSPS) is 10.3. The topological polar surface area (TPSA) is 26.0 Å². The minimum absolute atomic E-state index is 0.239. The van der Waals surface area contributed by atoms with Gasteiger partial charge in [-0.2, -0.15) is 0 Å². The summed E-state index contributed by atoms with van der Waals surface area (Å²) in [5.41, 5.74) is 7.99. The van der Waals surface area contributed by atoms with Crippen LogP contribution in [0.5, 0.6) is 0 Å². The molecule has 2 N–H and O–H groups in total. The first-order valence-electron chi connectivity index (χ1n) is 4.71. The summed E-state index contributed by atoms with van der Waals surface area (Å²) in [6.45, 7) is 0.420. The van der Waals surface area contributed by atoms with Gasteiger partial charge in [-0.3, -0.25) is 4.39 Å². The first-order valence-corrected chi connectivity index (χ1v) is 4.71. The third-order valence-electron chi connectivity index (χ3n) is 2.11. The van der Waals surface area contributed by atoms with Crippen molar-refractivity contribution in [1.29, 1.82) is 0 Å². The number of nitrogens with two attached hydrogens (primary N) is 1. The van der Waals surface area contributed by atoms with Gasteiger partial charge in [0.05, 0.1) is 6.67 Å². The van der Waals surface area contributed by atoms with Crippen LogP contribution in [-0.4, -0.2) is 13.2 Å². The fourth-order valence-corrected chi connectivity index (χ4v) is 1.46. The lowest BCUT2D eigenvalue weighted by Gasteiger charge is -2.06. The molecule has 72 valence electrons. The second-order valence-electron chi connectivity index (χ2n) is 3.10. The summed E-state index contributed by atoms with van der Waals surface area (Å²) in [5, 5.41) is 0. The van der Waals surface area contributed by atoms with Crippen LogP contribution in [-0.2, 0) is 12.8 Å². The molecule has 0 amide bonds. The monoisotopic (exact) mass is 181 g/mol. The molecule has 0 unspecified atom stereocenters. The van der Waals surface area contributed by atoms with Crippen LogP contribution in [0.2, 0.25) is 0 Å². The zero-order valence-corrected chi connectivity index (χ0v) is 7.80. The van der Waals surface area contributed by atoms with Gasteiger partial charge in [-0.25, -0.2) is 0 Å². The largest absolute Gasteiger partial charge is 0.330 e. The minimum Gasteiger partial charge on any atom is -0.330 e. The van der Waals surface area contributed by atoms with E-state index < -0.39 is 0 Å². The number of hydrogen-bond donors (Lipinski definition) is 1. The van der Waals surface area contributed by atoms with Gasteiger partial charge >= 0.3 is 0 Å². The Morgan fingerprint density at radius 2 is 1.69 bits per heavy atom. The Bertz CT molecular complexity index is 248. The van der Waals surface area contributed by atoms with Crippen LogP contribution in [0.15, 0.2) is 24.3 Å². The maximum atomic E-state index is 12.0. The van der Waals surface area contributed by atoms with Crippen LogP contribution in [0.1, 0.15) is 17.5 Å². The second-order valence-corrected chi connectivity index (χ2v) is 3.10. The summed E-state index contributed by atoms with van der Waals surface area (Å²) in [4.78, 5) is 0. The average molecular weight is 181 g/mol. The molecule has 0 heterocycles. The molecule has 0 bridgehead atoms. The molecule has 0 aromatic heterocycles. The lowest BCUT2D eigenvalue weighted by molar-refractivity contribution is 0.472. The number of hydrogen-bond acceptors (Lipinski definition) is 1. The van der Waals surface area contributed by atoms with Gasteiger partial charge in [0.15, 0.2) is 0 Å². The highest BCUT2D eigenvalue weighted by Gasteiger charge is 1.99. The molecular formula is C11H16FN. The third-order valence-corrected chi connectivity index (χ3v) is 2.11. The molecule has 0 radical (unpaired) electrons.